The van der Waals surface area contributed by atoms with E-state index in [0.29, 0.717) is 0 Å². The van der Waals surface area contributed by atoms with Crippen LogP contribution in [-0.2, 0) is 12.0 Å². The molecule has 0 aliphatic heterocycles. The highest BCUT2D eigenvalue weighted by Gasteiger charge is 2.41. The number of rotatable bonds is 18. The van der Waals surface area contributed by atoms with Crippen LogP contribution in [0.4, 0.5) is 0 Å². The lowest BCUT2D eigenvalue weighted by Gasteiger charge is -2.37. The van der Waals surface area contributed by atoms with Gasteiger partial charge in [0.15, 0.2) is 0 Å². The lowest BCUT2D eigenvalue weighted by atomic mass is 9.74. The molecule has 1 unspecified atom stereocenters. The van der Waals surface area contributed by atoms with Gasteiger partial charge in [0.05, 0.1) is 14.2 Å². The summed E-state index contributed by atoms with van der Waals surface area (Å²) in [5.41, 5.74) is 4.86. The van der Waals surface area contributed by atoms with E-state index >= 15 is 0 Å². The molecule has 0 saturated carbocycles. The topological polar surface area (TPSA) is 38.7 Å². The Hall–Kier alpha value is -2.00. The Bertz CT molecular complexity index is 960. The molecule has 0 amide bonds. The van der Waals surface area contributed by atoms with E-state index in [0.717, 1.165) is 45.7 Å². The number of unbranched alkanes of at least 4 members (excludes halogenated alkanes) is 11. The summed E-state index contributed by atoms with van der Waals surface area (Å²) in [6.45, 7) is 12.5. The fraction of sp³-hybridized carbons (Fsp3) is 0.657. The summed E-state index contributed by atoms with van der Waals surface area (Å²) in [6.07, 6.45) is 17.5. The van der Waals surface area contributed by atoms with Gasteiger partial charge in [-0.25, -0.2) is 0 Å². The monoisotopic (exact) mass is 524 g/mol. The Kier molecular flexibility index (Phi) is 13.7. The zero-order valence-corrected chi connectivity index (χ0v) is 25.8. The van der Waals surface area contributed by atoms with E-state index in [2.05, 4.69) is 45.0 Å². The van der Waals surface area contributed by atoms with Crippen LogP contribution < -0.4 is 9.47 Å². The SMILES string of the molecule is CCCCCCCCCCCCCCc1ccc(C(O)(c2c(C)c(OC)c(C)c(C)c2OC)C(C)C)cc1. The second-order valence-electron chi connectivity index (χ2n) is 11.6. The molecule has 0 fully saturated rings. The molecule has 38 heavy (non-hydrogen) atoms. The van der Waals surface area contributed by atoms with Crippen LogP contribution >= 0.6 is 0 Å². The Morgan fingerprint density at radius 3 is 1.55 bits per heavy atom. The second kappa shape index (κ2) is 16.2. The number of benzene rings is 2. The fourth-order valence-electron chi connectivity index (χ4n) is 5.98. The van der Waals surface area contributed by atoms with Gasteiger partial charge < -0.3 is 14.6 Å². The average Bonchev–Trinajstić information content (AvgIpc) is 2.91. The van der Waals surface area contributed by atoms with E-state index in [4.69, 9.17) is 9.47 Å². The van der Waals surface area contributed by atoms with Crippen molar-refractivity contribution in [1.82, 2.24) is 0 Å². The van der Waals surface area contributed by atoms with Crippen LogP contribution in [0.1, 0.15) is 131 Å². The van der Waals surface area contributed by atoms with E-state index in [9.17, 15) is 5.11 Å². The van der Waals surface area contributed by atoms with E-state index in [-0.39, 0.29) is 5.92 Å². The van der Waals surface area contributed by atoms with Crippen molar-refractivity contribution >= 4 is 0 Å². The van der Waals surface area contributed by atoms with Gasteiger partial charge in [-0.2, -0.15) is 0 Å². The predicted octanol–water partition coefficient (Wildman–Crippen LogP) is 9.76. The zero-order valence-electron chi connectivity index (χ0n) is 25.8. The first-order valence-electron chi connectivity index (χ1n) is 15.3. The summed E-state index contributed by atoms with van der Waals surface area (Å²) >= 11 is 0. The van der Waals surface area contributed by atoms with Gasteiger partial charge in [0, 0.05) is 11.1 Å². The van der Waals surface area contributed by atoms with Gasteiger partial charge in [-0.1, -0.05) is 116 Å². The molecule has 0 saturated heterocycles. The highest BCUT2D eigenvalue weighted by atomic mass is 16.5. The van der Waals surface area contributed by atoms with Crippen molar-refractivity contribution < 1.29 is 14.6 Å². The number of hydrogen-bond donors (Lipinski definition) is 1. The molecule has 2 aromatic carbocycles. The van der Waals surface area contributed by atoms with E-state index < -0.39 is 5.60 Å². The van der Waals surface area contributed by atoms with Crippen molar-refractivity contribution in [3.05, 3.63) is 57.6 Å². The lowest BCUT2D eigenvalue weighted by molar-refractivity contribution is 0.0285. The molecule has 3 heteroatoms. The molecule has 0 spiro atoms. The molecule has 0 aliphatic rings. The van der Waals surface area contributed by atoms with E-state index in [1.54, 1.807) is 14.2 Å². The van der Waals surface area contributed by atoms with Crippen LogP contribution in [-0.4, -0.2) is 19.3 Å². The molecule has 2 rings (SSSR count). The first-order valence-corrected chi connectivity index (χ1v) is 15.3. The maximum Gasteiger partial charge on any atom is 0.129 e. The van der Waals surface area contributed by atoms with Crippen LogP contribution in [0.2, 0.25) is 0 Å². The minimum absolute atomic E-state index is 0.0518. The molecular formula is C35H56O3. The van der Waals surface area contributed by atoms with Crippen LogP contribution in [0.5, 0.6) is 11.5 Å². The van der Waals surface area contributed by atoms with Gasteiger partial charge in [0.1, 0.15) is 17.1 Å². The molecule has 3 nitrogen and oxygen atoms in total. The summed E-state index contributed by atoms with van der Waals surface area (Å²) in [4.78, 5) is 0. The molecule has 214 valence electrons. The van der Waals surface area contributed by atoms with Crippen LogP contribution in [0.3, 0.4) is 0 Å². The molecular weight excluding hydrogens is 468 g/mol. The number of methoxy groups -OCH3 is 2. The van der Waals surface area contributed by atoms with Crippen molar-refractivity contribution in [3.63, 3.8) is 0 Å². The minimum atomic E-state index is -1.18. The largest absolute Gasteiger partial charge is 0.496 e. The normalized spacial score (nSPS) is 13.1. The van der Waals surface area contributed by atoms with Gasteiger partial charge in [-0.05, 0) is 61.8 Å². The minimum Gasteiger partial charge on any atom is -0.496 e. The fourth-order valence-corrected chi connectivity index (χ4v) is 5.98. The van der Waals surface area contributed by atoms with Crippen molar-refractivity contribution in [2.45, 2.75) is 131 Å². The molecule has 1 atom stereocenters. The average molecular weight is 525 g/mol. The molecule has 0 bridgehead atoms. The summed E-state index contributed by atoms with van der Waals surface area (Å²) < 4.78 is 11.7. The van der Waals surface area contributed by atoms with Crippen molar-refractivity contribution in [2.24, 2.45) is 5.92 Å². The Balaban J connectivity index is 1.99. The van der Waals surface area contributed by atoms with Crippen LogP contribution in [0.25, 0.3) is 0 Å². The lowest BCUT2D eigenvalue weighted by Crippen LogP contribution is -2.35. The van der Waals surface area contributed by atoms with Gasteiger partial charge in [0.2, 0.25) is 0 Å². The van der Waals surface area contributed by atoms with Crippen LogP contribution in [0.15, 0.2) is 24.3 Å². The molecule has 0 heterocycles. The summed E-state index contributed by atoms with van der Waals surface area (Å²) in [7, 11) is 3.39. The third-order valence-corrected chi connectivity index (χ3v) is 8.52. The first-order chi connectivity index (χ1) is 18.2. The van der Waals surface area contributed by atoms with Gasteiger partial charge >= 0.3 is 0 Å². The van der Waals surface area contributed by atoms with Gasteiger partial charge in [0.25, 0.3) is 0 Å². The molecule has 0 aliphatic carbocycles. The highest BCUT2D eigenvalue weighted by Crippen LogP contribution is 2.48. The van der Waals surface area contributed by atoms with Crippen molar-refractivity contribution in [3.8, 4) is 11.5 Å². The Labute approximate surface area is 234 Å². The third-order valence-electron chi connectivity index (χ3n) is 8.52. The number of hydrogen-bond acceptors (Lipinski definition) is 3. The van der Waals surface area contributed by atoms with Crippen LogP contribution in [0, 0.1) is 26.7 Å². The summed E-state index contributed by atoms with van der Waals surface area (Å²) in [6, 6.07) is 8.61. The van der Waals surface area contributed by atoms with Gasteiger partial charge in [-0.3, -0.25) is 0 Å². The van der Waals surface area contributed by atoms with E-state index in [1.165, 1.54) is 82.6 Å². The maximum absolute atomic E-state index is 12.3. The molecule has 0 aromatic heterocycles. The summed E-state index contributed by atoms with van der Waals surface area (Å²) in [5, 5.41) is 12.3. The van der Waals surface area contributed by atoms with Gasteiger partial charge in [-0.15, -0.1) is 0 Å². The van der Waals surface area contributed by atoms with Crippen molar-refractivity contribution in [1.29, 1.82) is 0 Å². The third kappa shape index (κ3) is 8.01. The standard InChI is InChI=1S/C35H56O3/c1-9-10-11-12-13-14-15-16-17-18-19-20-21-30-22-24-31(25-23-30)35(36,26(2)3)32-29(6)33(37-7)27(4)28(5)34(32)38-8/h22-26,36H,9-21H2,1-8H3. The Morgan fingerprint density at radius 1 is 0.658 bits per heavy atom. The quantitative estimate of drug-likeness (QED) is 0.197. The number of aryl methyl sites for hydroxylation is 1. The first kappa shape index (κ1) is 32.2. The molecule has 0 radical (unpaired) electrons. The highest BCUT2D eigenvalue weighted by molar-refractivity contribution is 5.62. The number of ether oxygens (including phenoxy) is 2. The summed E-state index contributed by atoms with van der Waals surface area (Å²) in [5.74, 6) is 1.52. The smallest absolute Gasteiger partial charge is 0.129 e. The molecule has 1 N–H and O–H groups in total. The second-order valence-corrected chi connectivity index (χ2v) is 11.6. The molecule has 2 aromatic rings. The maximum atomic E-state index is 12.3. The van der Waals surface area contributed by atoms with Crippen molar-refractivity contribution in [2.75, 3.05) is 14.2 Å². The Morgan fingerprint density at radius 2 is 1.11 bits per heavy atom. The van der Waals surface area contributed by atoms with E-state index in [1.807, 2.05) is 20.8 Å². The number of aliphatic hydroxyl groups is 1. The zero-order chi connectivity index (χ0) is 28.1. The predicted molar refractivity (Wildman–Crippen MR) is 163 cm³/mol.